The molecule has 2 heteroatoms. The van der Waals surface area contributed by atoms with Crippen molar-refractivity contribution in [2.24, 2.45) is 10.4 Å². The number of allylic oxidation sites excluding steroid dienone is 3. The minimum Gasteiger partial charge on any atom is -0.489 e. The number of rotatable bonds is 7. The van der Waals surface area contributed by atoms with Gasteiger partial charge in [0.2, 0.25) is 0 Å². The van der Waals surface area contributed by atoms with E-state index >= 15 is 0 Å². The third kappa shape index (κ3) is 10.4. The van der Waals surface area contributed by atoms with Crippen molar-refractivity contribution in [3.8, 4) is 0 Å². The van der Waals surface area contributed by atoms with Crippen LogP contribution >= 0.6 is 0 Å². The standard InChI is InChI=1S/C21H25NO.C6H12/c1-8-15(3)13-16(4)14-18(6)22-21-17(5)11-10-12-19(21)20(9-2)23-7;1-5-6(2,3)4/h10-12H,1-2,4,13-14H2,3,5-7H3;5H,1H2,2-4H3. The second-order valence-electron chi connectivity index (χ2n) is 8.16. The molecule has 2 nitrogen and oxygen atoms in total. The summed E-state index contributed by atoms with van der Waals surface area (Å²) >= 11 is 0. The maximum absolute atomic E-state index is 5.35. The van der Waals surface area contributed by atoms with Gasteiger partial charge >= 0.3 is 0 Å². The lowest BCUT2D eigenvalue weighted by molar-refractivity contribution is 0.371. The zero-order valence-electron chi connectivity index (χ0n) is 19.4. The number of para-hydroxylation sites is 1. The molecular weight excluding hydrogens is 354 g/mol. The van der Waals surface area contributed by atoms with Crippen LogP contribution < -0.4 is 0 Å². The van der Waals surface area contributed by atoms with Gasteiger partial charge in [-0.2, -0.15) is 0 Å². The SMILES string of the molecule is C=C=C(C)CC(=C)CC(C)=Nc1c(C)cccc1C(=C=C)OC.C=CC(C)(C)C. The molecule has 0 spiro atoms. The van der Waals surface area contributed by atoms with E-state index in [0.717, 1.165) is 46.5 Å². The number of ether oxygens (including phenoxy) is 1. The third-order valence-electron chi connectivity index (χ3n) is 4.08. The average Bonchev–Trinajstić information content (AvgIpc) is 2.64. The molecule has 0 aliphatic heterocycles. The summed E-state index contributed by atoms with van der Waals surface area (Å²) in [7, 11) is 1.61. The summed E-state index contributed by atoms with van der Waals surface area (Å²) in [5.41, 5.74) is 12.1. The molecular formula is C27H37NO. The van der Waals surface area contributed by atoms with Crippen LogP contribution in [-0.4, -0.2) is 12.8 Å². The van der Waals surface area contributed by atoms with E-state index in [9.17, 15) is 0 Å². The number of aryl methyl sites for hydroxylation is 1. The zero-order chi connectivity index (χ0) is 22.6. The van der Waals surface area contributed by atoms with Crippen molar-refractivity contribution in [2.75, 3.05) is 7.11 Å². The zero-order valence-corrected chi connectivity index (χ0v) is 19.4. The molecule has 0 saturated heterocycles. The fourth-order valence-electron chi connectivity index (χ4n) is 2.36. The smallest absolute Gasteiger partial charge is 0.170 e. The Bertz CT molecular complexity index is 849. The Morgan fingerprint density at radius 3 is 2.17 bits per heavy atom. The maximum Gasteiger partial charge on any atom is 0.170 e. The number of hydrogen-bond acceptors (Lipinski definition) is 2. The molecule has 0 saturated carbocycles. The first-order valence-corrected chi connectivity index (χ1v) is 9.73. The molecule has 156 valence electrons. The highest BCUT2D eigenvalue weighted by Crippen LogP contribution is 2.30. The van der Waals surface area contributed by atoms with E-state index in [1.807, 2.05) is 45.0 Å². The quantitative estimate of drug-likeness (QED) is 0.199. The van der Waals surface area contributed by atoms with Crippen LogP contribution in [-0.2, 0) is 4.74 Å². The Morgan fingerprint density at radius 2 is 1.72 bits per heavy atom. The molecule has 0 radical (unpaired) electrons. The monoisotopic (exact) mass is 391 g/mol. The topological polar surface area (TPSA) is 21.6 Å². The van der Waals surface area contributed by atoms with Gasteiger partial charge in [-0.05, 0) is 49.8 Å². The molecule has 0 N–H and O–H groups in total. The molecule has 1 aromatic rings. The largest absolute Gasteiger partial charge is 0.489 e. The first-order chi connectivity index (χ1) is 13.5. The van der Waals surface area contributed by atoms with E-state index < -0.39 is 0 Å². The van der Waals surface area contributed by atoms with Gasteiger partial charge in [0.25, 0.3) is 0 Å². The molecule has 0 aromatic heterocycles. The molecule has 0 bridgehead atoms. The van der Waals surface area contributed by atoms with Gasteiger partial charge in [0, 0.05) is 12.1 Å². The molecule has 0 heterocycles. The Balaban J connectivity index is 0.00000113. The van der Waals surface area contributed by atoms with Gasteiger partial charge in [0.1, 0.15) is 0 Å². The Hall–Kier alpha value is -2.79. The van der Waals surface area contributed by atoms with Gasteiger partial charge < -0.3 is 4.74 Å². The van der Waals surface area contributed by atoms with Gasteiger partial charge in [0.05, 0.1) is 18.4 Å². The fraction of sp³-hybridized carbons (Fsp3) is 0.370. The molecule has 29 heavy (non-hydrogen) atoms. The molecule has 1 aromatic carbocycles. The van der Waals surface area contributed by atoms with Crippen LogP contribution in [0.2, 0.25) is 0 Å². The Kier molecular flexibility index (Phi) is 11.4. The number of aliphatic imine (C=N–C) groups is 1. The van der Waals surface area contributed by atoms with E-state index in [2.05, 4.69) is 58.5 Å². The van der Waals surface area contributed by atoms with Crippen LogP contribution in [0.25, 0.3) is 5.76 Å². The summed E-state index contributed by atoms with van der Waals surface area (Å²) in [4.78, 5) is 4.79. The minimum atomic E-state index is 0.306. The predicted molar refractivity (Wildman–Crippen MR) is 130 cm³/mol. The van der Waals surface area contributed by atoms with Crippen LogP contribution in [0, 0.1) is 12.3 Å². The minimum absolute atomic E-state index is 0.306. The van der Waals surface area contributed by atoms with Crippen molar-refractivity contribution >= 4 is 17.2 Å². The van der Waals surface area contributed by atoms with E-state index in [0.29, 0.717) is 11.2 Å². The molecule has 0 amide bonds. The van der Waals surface area contributed by atoms with Gasteiger partial charge in [-0.3, -0.25) is 4.99 Å². The second-order valence-corrected chi connectivity index (χ2v) is 8.16. The molecule has 1 rings (SSSR count). The fourth-order valence-corrected chi connectivity index (χ4v) is 2.36. The van der Waals surface area contributed by atoms with E-state index in [-0.39, 0.29) is 0 Å². The van der Waals surface area contributed by atoms with Crippen molar-refractivity contribution in [1.29, 1.82) is 0 Å². The Morgan fingerprint density at radius 1 is 1.14 bits per heavy atom. The van der Waals surface area contributed by atoms with E-state index in [1.54, 1.807) is 7.11 Å². The molecule has 0 unspecified atom stereocenters. The first kappa shape index (κ1) is 26.2. The van der Waals surface area contributed by atoms with Crippen molar-refractivity contribution in [3.05, 3.63) is 84.3 Å². The highest BCUT2D eigenvalue weighted by molar-refractivity contribution is 5.88. The molecule has 0 fully saturated rings. The number of benzene rings is 1. The number of hydrogen-bond donors (Lipinski definition) is 0. The number of methoxy groups -OCH3 is 1. The summed E-state index contributed by atoms with van der Waals surface area (Å²) in [5, 5.41) is 0. The van der Waals surface area contributed by atoms with Gasteiger partial charge in [0.15, 0.2) is 5.76 Å². The second kappa shape index (κ2) is 12.6. The lowest BCUT2D eigenvalue weighted by Crippen LogP contribution is -1.96. The third-order valence-corrected chi connectivity index (χ3v) is 4.08. The average molecular weight is 392 g/mol. The highest BCUT2D eigenvalue weighted by Gasteiger charge is 2.10. The summed E-state index contributed by atoms with van der Waals surface area (Å²) in [6.07, 6.45) is 3.48. The first-order valence-electron chi connectivity index (χ1n) is 9.73. The maximum atomic E-state index is 5.35. The number of nitrogens with zero attached hydrogens (tertiary/aromatic N) is 1. The lowest BCUT2D eigenvalue weighted by atomic mass is 9.98. The predicted octanol–water partition coefficient (Wildman–Crippen LogP) is 8.15. The molecule has 0 atom stereocenters. The van der Waals surface area contributed by atoms with Crippen LogP contribution in [0.3, 0.4) is 0 Å². The normalized spacial score (nSPS) is 10.7. The summed E-state index contributed by atoms with van der Waals surface area (Å²) in [6.45, 7) is 27.5. The lowest BCUT2D eigenvalue weighted by Gasteiger charge is -2.11. The van der Waals surface area contributed by atoms with Crippen molar-refractivity contribution in [3.63, 3.8) is 0 Å². The summed E-state index contributed by atoms with van der Waals surface area (Å²) in [5.74, 6) is 0.601. The van der Waals surface area contributed by atoms with Crippen molar-refractivity contribution in [1.82, 2.24) is 0 Å². The van der Waals surface area contributed by atoms with Gasteiger partial charge in [-0.15, -0.1) is 12.3 Å². The van der Waals surface area contributed by atoms with Crippen LogP contribution in [0.4, 0.5) is 5.69 Å². The summed E-state index contributed by atoms with van der Waals surface area (Å²) in [6, 6.07) is 5.98. The molecule has 0 aliphatic carbocycles. The highest BCUT2D eigenvalue weighted by atomic mass is 16.5. The Labute approximate surface area is 178 Å². The molecule has 0 aliphatic rings. The van der Waals surface area contributed by atoms with Gasteiger partial charge in [-0.25, -0.2) is 0 Å². The van der Waals surface area contributed by atoms with Crippen LogP contribution in [0.15, 0.2) is 78.2 Å². The van der Waals surface area contributed by atoms with Crippen molar-refractivity contribution in [2.45, 2.75) is 54.4 Å². The van der Waals surface area contributed by atoms with Crippen LogP contribution in [0.5, 0.6) is 0 Å². The van der Waals surface area contributed by atoms with Gasteiger partial charge in [-0.1, -0.05) is 70.0 Å². The van der Waals surface area contributed by atoms with Crippen LogP contribution in [0.1, 0.15) is 58.6 Å². The van der Waals surface area contributed by atoms with Crippen molar-refractivity contribution < 1.29 is 4.74 Å². The summed E-state index contributed by atoms with van der Waals surface area (Å²) < 4.78 is 5.35. The van der Waals surface area contributed by atoms with E-state index in [4.69, 9.17) is 9.73 Å². The van der Waals surface area contributed by atoms with E-state index in [1.165, 1.54) is 0 Å².